The van der Waals surface area contributed by atoms with Gasteiger partial charge in [0.15, 0.2) is 0 Å². The van der Waals surface area contributed by atoms with Crippen LogP contribution >= 0.6 is 11.6 Å². The van der Waals surface area contributed by atoms with E-state index in [2.05, 4.69) is 30.5 Å². The van der Waals surface area contributed by atoms with Crippen LogP contribution in [0.15, 0.2) is 43.1 Å². The number of nitrogens with one attached hydrogen (secondary N) is 2. The highest BCUT2D eigenvalue weighted by Crippen LogP contribution is 2.28. The maximum Gasteiger partial charge on any atom is 0.223 e. The zero-order valence-corrected chi connectivity index (χ0v) is 13.0. The highest BCUT2D eigenvalue weighted by atomic mass is 35.5. The Labute approximate surface area is 133 Å². The molecule has 0 unspecified atom stereocenters. The molecule has 0 saturated heterocycles. The number of anilines is 1. The monoisotopic (exact) mass is 314 g/mol. The minimum Gasteiger partial charge on any atom is -0.344 e. The third-order valence-corrected chi connectivity index (χ3v) is 3.56. The summed E-state index contributed by atoms with van der Waals surface area (Å²) in [7, 11) is 0. The van der Waals surface area contributed by atoms with Crippen LogP contribution in [0.25, 0.3) is 11.1 Å². The molecule has 0 saturated carbocycles. The van der Waals surface area contributed by atoms with Crippen molar-refractivity contribution in [2.75, 3.05) is 5.32 Å². The molecule has 0 spiro atoms. The van der Waals surface area contributed by atoms with E-state index in [9.17, 15) is 0 Å². The van der Waals surface area contributed by atoms with Crippen LogP contribution in [0.5, 0.6) is 0 Å². The zero-order valence-electron chi connectivity index (χ0n) is 12.2. The third kappa shape index (κ3) is 2.92. The lowest BCUT2D eigenvalue weighted by Crippen LogP contribution is -2.30. The van der Waals surface area contributed by atoms with Crippen LogP contribution in [0.4, 0.5) is 5.95 Å². The van der Waals surface area contributed by atoms with Crippen molar-refractivity contribution in [2.45, 2.75) is 19.4 Å². The standard InChI is InChI=1S/C15H15ClN6/c1-15(2,13-12(16)4-3-5-17-13)22-14-18-6-10(7-19-14)11-8-20-21-9-11/h3-9H,1-2H3,(H,20,21)(H,18,19,22). The van der Waals surface area contributed by atoms with Crippen molar-refractivity contribution in [2.24, 2.45) is 0 Å². The Bertz CT molecular complexity index is 752. The first kappa shape index (κ1) is 14.5. The molecule has 2 N–H and O–H groups in total. The maximum atomic E-state index is 6.21. The molecule has 0 aliphatic rings. The first-order valence-corrected chi connectivity index (χ1v) is 7.14. The summed E-state index contributed by atoms with van der Waals surface area (Å²) in [5.41, 5.74) is 2.10. The minimum absolute atomic E-state index is 0.491. The van der Waals surface area contributed by atoms with E-state index in [4.69, 9.17) is 11.6 Å². The van der Waals surface area contributed by atoms with Gasteiger partial charge in [0.25, 0.3) is 0 Å². The van der Waals surface area contributed by atoms with E-state index < -0.39 is 5.54 Å². The summed E-state index contributed by atoms with van der Waals surface area (Å²) in [6.07, 6.45) is 8.73. The number of aromatic amines is 1. The van der Waals surface area contributed by atoms with Gasteiger partial charge < -0.3 is 5.32 Å². The van der Waals surface area contributed by atoms with E-state index in [1.165, 1.54) is 0 Å². The van der Waals surface area contributed by atoms with E-state index in [0.717, 1.165) is 16.8 Å². The minimum atomic E-state index is -0.491. The number of hydrogen-bond donors (Lipinski definition) is 2. The van der Waals surface area contributed by atoms with Gasteiger partial charge >= 0.3 is 0 Å². The molecule has 0 aliphatic heterocycles. The molecule has 112 valence electrons. The molecule has 3 heterocycles. The largest absolute Gasteiger partial charge is 0.344 e. The second kappa shape index (κ2) is 5.73. The van der Waals surface area contributed by atoms with Crippen molar-refractivity contribution >= 4 is 17.5 Å². The average molecular weight is 315 g/mol. The van der Waals surface area contributed by atoms with Crippen LogP contribution < -0.4 is 5.32 Å². The fraction of sp³-hybridized carbons (Fsp3) is 0.200. The van der Waals surface area contributed by atoms with Crippen molar-refractivity contribution in [3.05, 3.63) is 53.8 Å². The molecule has 6 nitrogen and oxygen atoms in total. The van der Waals surface area contributed by atoms with E-state index in [1.54, 1.807) is 37.1 Å². The predicted molar refractivity (Wildman–Crippen MR) is 85.5 cm³/mol. The van der Waals surface area contributed by atoms with Gasteiger partial charge in [-0.3, -0.25) is 10.1 Å². The van der Waals surface area contributed by atoms with Crippen LogP contribution in [-0.2, 0) is 5.54 Å². The normalized spacial score (nSPS) is 11.4. The molecule has 0 bridgehead atoms. The Hall–Kier alpha value is -2.47. The van der Waals surface area contributed by atoms with Gasteiger partial charge in [0.05, 0.1) is 22.5 Å². The van der Waals surface area contributed by atoms with Crippen LogP contribution in [0.2, 0.25) is 5.02 Å². The fourth-order valence-corrected chi connectivity index (χ4v) is 2.49. The smallest absolute Gasteiger partial charge is 0.223 e. The van der Waals surface area contributed by atoms with Gasteiger partial charge in [-0.25, -0.2) is 9.97 Å². The van der Waals surface area contributed by atoms with Gasteiger partial charge in [0.2, 0.25) is 5.95 Å². The summed E-state index contributed by atoms with van der Waals surface area (Å²) in [5, 5.41) is 10.5. The SMILES string of the molecule is CC(C)(Nc1ncc(-c2cn[nH]c2)cn1)c1ncccc1Cl. The molecular weight excluding hydrogens is 300 g/mol. The summed E-state index contributed by atoms with van der Waals surface area (Å²) in [6.45, 7) is 3.96. The summed E-state index contributed by atoms with van der Waals surface area (Å²) in [5.74, 6) is 0.513. The van der Waals surface area contributed by atoms with Crippen molar-refractivity contribution in [1.82, 2.24) is 25.1 Å². The van der Waals surface area contributed by atoms with Gasteiger partial charge in [-0.1, -0.05) is 11.6 Å². The quantitative estimate of drug-likeness (QED) is 0.772. The first-order valence-electron chi connectivity index (χ1n) is 6.76. The molecule has 3 rings (SSSR count). The molecule has 7 heteroatoms. The first-order chi connectivity index (χ1) is 10.6. The number of pyridine rings is 1. The Morgan fingerprint density at radius 3 is 2.50 bits per heavy atom. The van der Waals surface area contributed by atoms with Gasteiger partial charge in [0.1, 0.15) is 0 Å². The highest BCUT2D eigenvalue weighted by Gasteiger charge is 2.25. The number of hydrogen-bond acceptors (Lipinski definition) is 5. The molecule has 0 radical (unpaired) electrons. The fourth-order valence-electron chi connectivity index (χ4n) is 2.13. The van der Waals surface area contributed by atoms with Gasteiger partial charge in [-0.2, -0.15) is 5.10 Å². The molecule has 22 heavy (non-hydrogen) atoms. The van der Waals surface area contributed by atoms with E-state index in [1.807, 2.05) is 19.9 Å². The van der Waals surface area contributed by atoms with Gasteiger partial charge in [-0.05, 0) is 26.0 Å². The Morgan fingerprint density at radius 2 is 1.86 bits per heavy atom. The van der Waals surface area contributed by atoms with Crippen molar-refractivity contribution in [1.29, 1.82) is 0 Å². The number of nitrogens with zero attached hydrogens (tertiary/aromatic N) is 4. The van der Waals surface area contributed by atoms with Crippen molar-refractivity contribution in [3.8, 4) is 11.1 Å². The number of H-pyrrole nitrogens is 1. The molecule has 0 aromatic carbocycles. The van der Waals surface area contributed by atoms with Gasteiger partial charge in [0, 0.05) is 35.9 Å². The summed E-state index contributed by atoms with van der Waals surface area (Å²) in [4.78, 5) is 13.0. The van der Waals surface area contributed by atoms with Crippen molar-refractivity contribution < 1.29 is 0 Å². The molecule has 3 aromatic heterocycles. The molecule has 0 aliphatic carbocycles. The van der Waals surface area contributed by atoms with Crippen LogP contribution in [0.3, 0.4) is 0 Å². The second-order valence-corrected chi connectivity index (χ2v) is 5.77. The summed E-state index contributed by atoms with van der Waals surface area (Å²) in [6, 6.07) is 3.62. The lowest BCUT2D eigenvalue weighted by molar-refractivity contribution is 0.581. The van der Waals surface area contributed by atoms with Gasteiger partial charge in [-0.15, -0.1) is 0 Å². The van der Waals surface area contributed by atoms with E-state index in [-0.39, 0.29) is 0 Å². The summed E-state index contributed by atoms with van der Waals surface area (Å²) >= 11 is 6.21. The lowest BCUT2D eigenvalue weighted by atomic mass is 10.00. The number of halogens is 1. The molecule has 0 fully saturated rings. The third-order valence-electron chi connectivity index (χ3n) is 3.26. The molecular formula is C15H15ClN6. The highest BCUT2D eigenvalue weighted by molar-refractivity contribution is 6.31. The van der Waals surface area contributed by atoms with E-state index >= 15 is 0 Å². The second-order valence-electron chi connectivity index (χ2n) is 5.37. The predicted octanol–water partition coefficient (Wildman–Crippen LogP) is 3.26. The van der Waals surface area contributed by atoms with Crippen LogP contribution in [0.1, 0.15) is 19.5 Å². The lowest BCUT2D eigenvalue weighted by Gasteiger charge is -2.26. The van der Waals surface area contributed by atoms with Crippen LogP contribution in [-0.4, -0.2) is 25.1 Å². The Balaban J connectivity index is 1.82. The maximum absolute atomic E-state index is 6.21. The summed E-state index contributed by atoms with van der Waals surface area (Å²) < 4.78 is 0. The zero-order chi connectivity index (χ0) is 15.6. The number of aromatic nitrogens is 5. The molecule has 0 amide bonds. The average Bonchev–Trinajstić information content (AvgIpc) is 3.02. The molecule has 3 aromatic rings. The molecule has 0 atom stereocenters. The van der Waals surface area contributed by atoms with E-state index in [0.29, 0.717) is 11.0 Å². The number of rotatable bonds is 4. The Morgan fingerprint density at radius 1 is 1.09 bits per heavy atom. The Kier molecular flexibility index (Phi) is 3.77. The topological polar surface area (TPSA) is 79.4 Å². The van der Waals surface area contributed by atoms with Crippen LogP contribution in [0, 0.1) is 0 Å². The van der Waals surface area contributed by atoms with Crippen molar-refractivity contribution in [3.63, 3.8) is 0 Å².